The molecule has 0 heterocycles. The molecule has 0 fully saturated rings. The van der Waals surface area contributed by atoms with Gasteiger partial charge in [-0.3, -0.25) is 0 Å². The molecule has 0 saturated carbocycles. The third kappa shape index (κ3) is 6.67. The third-order valence-electron chi connectivity index (χ3n) is 3.87. The van der Waals surface area contributed by atoms with Gasteiger partial charge in [-0.1, -0.05) is 41.9 Å². The molecule has 0 bridgehead atoms. The molecular formula is C20H25ClN2O2. The lowest BCUT2D eigenvalue weighted by atomic mass is 10.1. The third-order valence-corrected chi connectivity index (χ3v) is 4.13. The SMILES string of the molecule is Cc1cccc(C)c1OCCCNC(=O)NCCc1ccc(Cl)cc1. The summed E-state index contributed by atoms with van der Waals surface area (Å²) >= 11 is 5.85. The van der Waals surface area contributed by atoms with E-state index < -0.39 is 0 Å². The van der Waals surface area contributed by atoms with Crippen LogP contribution in [0.3, 0.4) is 0 Å². The van der Waals surface area contributed by atoms with E-state index in [0.29, 0.717) is 19.7 Å². The van der Waals surface area contributed by atoms with Gasteiger partial charge in [0.1, 0.15) is 5.75 Å². The number of hydrogen-bond donors (Lipinski definition) is 2. The summed E-state index contributed by atoms with van der Waals surface area (Å²) in [5.41, 5.74) is 3.41. The Morgan fingerprint density at radius 3 is 2.32 bits per heavy atom. The van der Waals surface area contributed by atoms with Crippen molar-refractivity contribution in [3.63, 3.8) is 0 Å². The van der Waals surface area contributed by atoms with Gasteiger partial charge in [-0.25, -0.2) is 4.79 Å². The van der Waals surface area contributed by atoms with E-state index >= 15 is 0 Å². The van der Waals surface area contributed by atoms with Gasteiger partial charge < -0.3 is 15.4 Å². The van der Waals surface area contributed by atoms with Crippen LogP contribution in [-0.2, 0) is 6.42 Å². The number of hydrogen-bond acceptors (Lipinski definition) is 2. The Balaban J connectivity index is 1.57. The summed E-state index contributed by atoms with van der Waals surface area (Å²) in [6.45, 7) is 5.82. The zero-order valence-corrected chi connectivity index (χ0v) is 15.5. The van der Waals surface area contributed by atoms with Crippen molar-refractivity contribution in [3.8, 4) is 5.75 Å². The fourth-order valence-corrected chi connectivity index (χ4v) is 2.64. The quantitative estimate of drug-likeness (QED) is 0.691. The highest BCUT2D eigenvalue weighted by Gasteiger charge is 2.03. The Labute approximate surface area is 154 Å². The highest BCUT2D eigenvalue weighted by molar-refractivity contribution is 6.30. The van der Waals surface area contributed by atoms with E-state index in [1.165, 1.54) is 0 Å². The monoisotopic (exact) mass is 360 g/mol. The molecular weight excluding hydrogens is 336 g/mol. The van der Waals surface area contributed by atoms with Crippen LogP contribution >= 0.6 is 11.6 Å². The van der Waals surface area contributed by atoms with Gasteiger partial charge in [0, 0.05) is 18.1 Å². The first-order valence-corrected chi connectivity index (χ1v) is 8.89. The van der Waals surface area contributed by atoms with Crippen LogP contribution < -0.4 is 15.4 Å². The summed E-state index contributed by atoms with van der Waals surface area (Å²) in [5, 5.41) is 6.41. The Morgan fingerprint density at radius 2 is 1.64 bits per heavy atom. The van der Waals surface area contributed by atoms with Crippen LogP contribution in [0.15, 0.2) is 42.5 Å². The van der Waals surface area contributed by atoms with E-state index in [2.05, 4.69) is 10.6 Å². The first-order chi connectivity index (χ1) is 12.1. The fourth-order valence-electron chi connectivity index (χ4n) is 2.51. The molecule has 0 aliphatic heterocycles. The molecule has 2 aromatic rings. The molecule has 2 amide bonds. The van der Waals surface area contributed by atoms with Gasteiger partial charge >= 0.3 is 6.03 Å². The molecule has 0 aromatic heterocycles. The number of benzene rings is 2. The number of urea groups is 1. The molecule has 0 aliphatic carbocycles. The van der Waals surface area contributed by atoms with Crippen LogP contribution in [0.4, 0.5) is 4.79 Å². The summed E-state index contributed by atoms with van der Waals surface area (Å²) in [5.74, 6) is 0.940. The number of para-hydroxylation sites is 1. The summed E-state index contributed by atoms with van der Waals surface area (Å²) < 4.78 is 5.82. The second-order valence-corrected chi connectivity index (χ2v) is 6.42. The van der Waals surface area contributed by atoms with E-state index in [9.17, 15) is 4.79 Å². The van der Waals surface area contributed by atoms with E-state index in [4.69, 9.17) is 16.3 Å². The van der Waals surface area contributed by atoms with Crippen LogP contribution in [0.25, 0.3) is 0 Å². The summed E-state index contributed by atoms with van der Waals surface area (Å²) in [6.07, 6.45) is 1.54. The molecule has 2 rings (SSSR count). The first-order valence-electron chi connectivity index (χ1n) is 8.51. The van der Waals surface area contributed by atoms with Gasteiger partial charge in [0.25, 0.3) is 0 Å². The van der Waals surface area contributed by atoms with E-state index in [1.807, 2.05) is 56.3 Å². The number of rotatable bonds is 8. The van der Waals surface area contributed by atoms with Crippen LogP contribution in [0.1, 0.15) is 23.1 Å². The number of carbonyl (C=O) groups excluding carboxylic acids is 1. The van der Waals surface area contributed by atoms with Crippen molar-refractivity contribution < 1.29 is 9.53 Å². The minimum absolute atomic E-state index is 0.152. The van der Waals surface area contributed by atoms with Crippen LogP contribution in [-0.4, -0.2) is 25.7 Å². The van der Waals surface area contributed by atoms with Gasteiger partial charge in [-0.2, -0.15) is 0 Å². The van der Waals surface area contributed by atoms with Crippen molar-refractivity contribution in [1.29, 1.82) is 0 Å². The van der Waals surface area contributed by atoms with Crippen LogP contribution in [0, 0.1) is 13.8 Å². The normalized spacial score (nSPS) is 10.4. The summed E-state index contributed by atoms with van der Waals surface area (Å²) in [7, 11) is 0. The molecule has 0 unspecified atom stereocenters. The zero-order chi connectivity index (χ0) is 18.1. The average Bonchev–Trinajstić information content (AvgIpc) is 2.58. The smallest absolute Gasteiger partial charge is 0.314 e. The van der Waals surface area contributed by atoms with Crippen molar-refractivity contribution >= 4 is 17.6 Å². The molecule has 134 valence electrons. The Morgan fingerprint density at radius 1 is 1.00 bits per heavy atom. The Bertz CT molecular complexity index is 666. The van der Waals surface area contributed by atoms with E-state index in [-0.39, 0.29) is 6.03 Å². The number of aryl methyl sites for hydroxylation is 2. The molecule has 2 aromatic carbocycles. The summed E-state index contributed by atoms with van der Waals surface area (Å²) in [6, 6.07) is 13.6. The van der Waals surface area contributed by atoms with E-state index in [0.717, 1.165) is 40.3 Å². The lowest BCUT2D eigenvalue weighted by Gasteiger charge is -2.12. The number of nitrogens with one attached hydrogen (secondary N) is 2. The predicted octanol–water partition coefficient (Wildman–Crippen LogP) is 4.27. The highest BCUT2D eigenvalue weighted by atomic mass is 35.5. The molecule has 2 N–H and O–H groups in total. The maximum Gasteiger partial charge on any atom is 0.314 e. The predicted molar refractivity (Wildman–Crippen MR) is 103 cm³/mol. The standard InChI is InChI=1S/C20H25ClN2O2/c1-15-5-3-6-16(2)19(15)25-14-4-12-22-20(24)23-13-11-17-7-9-18(21)10-8-17/h3,5-10H,4,11-14H2,1-2H3,(H2,22,23,24). The van der Waals surface area contributed by atoms with Crippen molar-refractivity contribution in [3.05, 3.63) is 64.2 Å². The van der Waals surface area contributed by atoms with Gasteiger partial charge in [-0.05, 0) is 55.5 Å². The van der Waals surface area contributed by atoms with Gasteiger partial charge in [0.05, 0.1) is 6.61 Å². The second kappa shape index (κ2) is 9.94. The minimum atomic E-state index is -0.152. The second-order valence-electron chi connectivity index (χ2n) is 5.98. The number of carbonyl (C=O) groups is 1. The lowest BCUT2D eigenvalue weighted by molar-refractivity contribution is 0.239. The van der Waals surface area contributed by atoms with Gasteiger partial charge in [0.15, 0.2) is 0 Å². The molecule has 0 saturated heterocycles. The average molecular weight is 361 g/mol. The molecule has 0 atom stereocenters. The van der Waals surface area contributed by atoms with Crippen molar-refractivity contribution in [2.24, 2.45) is 0 Å². The fraction of sp³-hybridized carbons (Fsp3) is 0.350. The molecule has 5 heteroatoms. The number of amides is 2. The lowest BCUT2D eigenvalue weighted by Crippen LogP contribution is -2.37. The van der Waals surface area contributed by atoms with Crippen LogP contribution in [0.5, 0.6) is 5.75 Å². The largest absolute Gasteiger partial charge is 0.493 e. The maximum atomic E-state index is 11.7. The summed E-state index contributed by atoms with van der Waals surface area (Å²) in [4.78, 5) is 11.7. The first kappa shape index (κ1) is 19.1. The van der Waals surface area contributed by atoms with Crippen molar-refractivity contribution in [1.82, 2.24) is 10.6 Å². The molecule has 0 aliphatic rings. The highest BCUT2D eigenvalue weighted by Crippen LogP contribution is 2.22. The topological polar surface area (TPSA) is 50.4 Å². The van der Waals surface area contributed by atoms with Crippen molar-refractivity contribution in [2.45, 2.75) is 26.7 Å². The number of halogens is 1. The molecule has 4 nitrogen and oxygen atoms in total. The van der Waals surface area contributed by atoms with Gasteiger partial charge in [0.2, 0.25) is 0 Å². The minimum Gasteiger partial charge on any atom is -0.493 e. The van der Waals surface area contributed by atoms with E-state index in [1.54, 1.807) is 0 Å². The Kier molecular flexibility index (Phi) is 7.61. The van der Waals surface area contributed by atoms with Crippen molar-refractivity contribution in [2.75, 3.05) is 19.7 Å². The van der Waals surface area contributed by atoms with Gasteiger partial charge in [-0.15, -0.1) is 0 Å². The number of ether oxygens (including phenoxy) is 1. The molecule has 25 heavy (non-hydrogen) atoms. The van der Waals surface area contributed by atoms with Crippen LogP contribution in [0.2, 0.25) is 5.02 Å². The maximum absolute atomic E-state index is 11.7. The molecule has 0 radical (unpaired) electrons. The Hall–Kier alpha value is -2.20. The molecule has 0 spiro atoms. The zero-order valence-electron chi connectivity index (χ0n) is 14.8.